The van der Waals surface area contributed by atoms with Crippen molar-refractivity contribution in [1.82, 2.24) is 10.6 Å². The van der Waals surface area contributed by atoms with Crippen molar-refractivity contribution in [2.75, 3.05) is 12.3 Å². The van der Waals surface area contributed by atoms with Gasteiger partial charge in [-0.1, -0.05) is 31.5 Å². The van der Waals surface area contributed by atoms with Crippen LogP contribution in [-0.2, 0) is 17.3 Å². The van der Waals surface area contributed by atoms with Crippen molar-refractivity contribution in [3.63, 3.8) is 0 Å². The predicted octanol–water partition coefficient (Wildman–Crippen LogP) is 2.96. The topological polar surface area (TPSA) is 53.5 Å². The molecule has 0 aliphatic heterocycles. The summed E-state index contributed by atoms with van der Waals surface area (Å²) in [4.78, 5) is 4.51. The maximum Gasteiger partial charge on any atom is 0.191 e. The van der Waals surface area contributed by atoms with E-state index in [1.807, 2.05) is 19.9 Å². The van der Waals surface area contributed by atoms with Gasteiger partial charge < -0.3 is 10.6 Å². The summed E-state index contributed by atoms with van der Waals surface area (Å²) in [7, 11) is -0.739. The summed E-state index contributed by atoms with van der Waals surface area (Å²) in [5.74, 6) is 1.19. The first kappa shape index (κ1) is 18.9. The molecule has 1 aromatic rings. The van der Waals surface area contributed by atoms with Crippen LogP contribution in [0.2, 0.25) is 0 Å². The monoisotopic (exact) mass is 353 g/mol. The summed E-state index contributed by atoms with van der Waals surface area (Å²) in [5, 5.41) is 6.93. The van der Waals surface area contributed by atoms with Gasteiger partial charge in [0.05, 0.1) is 6.54 Å². The van der Waals surface area contributed by atoms with E-state index in [0.717, 1.165) is 38.0 Å². The molecule has 2 N–H and O–H groups in total. The number of hydrogen-bond acceptors (Lipinski definition) is 2. The molecule has 0 heterocycles. The number of rotatable bonds is 6. The quantitative estimate of drug-likeness (QED) is 0.611. The normalized spacial score (nSPS) is 22.9. The fraction of sp³-hybridized carbons (Fsp3) is 0.611. The minimum Gasteiger partial charge on any atom is -0.357 e. The minimum absolute atomic E-state index is 0.229. The van der Waals surface area contributed by atoms with Crippen LogP contribution in [0.3, 0.4) is 0 Å². The molecule has 0 amide bonds. The summed E-state index contributed by atoms with van der Waals surface area (Å²) in [6.45, 7) is 5.04. The van der Waals surface area contributed by atoms with Gasteiger partial charge >= 0.3 is 0 Å². The Morgan fingerprint density at radius 1 is 1.33 bits per heavy atom. The summed E-state index contributed by atoms with van der Waals surface area (Å²) in [6.07, 6.45) is 4.09. The Hall–Kier alpha value is -1.43. The van der Waals surface area contributed by atoms with E-state index in [1.165, 1.54) is 6.07 Å². The Bertz CT molecular complexity index is 579. The van der Waals surface area contributed by atoms with Gasteiger partial charge in [-0.15, -0.1) is 0 Å². The zero-order valence-electron chi connectivity index (χ0n) is 14.6. The van der Waals surface area contributed by atoms with Gasteiger partial charge in [-0.2, -0.15) is 0 Å². The van der Waals surface area contributed by atoms with Crippen LogP contribution in [0.4, 0.5) is 4.39 Å². The molecule has 0 spiro atoms. The van der Waals surface area contributed by atoms with Crippen molar-refractivity contribution in [1.29, 1.82) is 0 Å². The number of benzene rings is 1. The maximum atomic E-state index is 13.7. The zero-order chi connectivity index (χ0) is 17.4. The third kappa shape index (κ3) is 5.58. The highest BCUT2D eigenvalue weighted by Gasteiger charge is 2.26. The van der Waals surface area contributed by atoms with E-state index in [2.05, 4.69) is 15.6 Å². The average Bonchev–Trinajstić information content (AvgIpc) is 2.60. The molecule has 1 aromatic carbocycles. The van der Waals surface area contributed by atoms with Gasteiger partial charge in [0.2, 0.25) is 0 Å². The van der Waals surface area contributed by atoms with Crippen LogP contribution < -0.4 is 10.6 Å². The number of nitrogens with zero attached hydrogens (tertiary/aromatic N) is 1. The molecule has 0 aromatic heterocycles. The molecule has 24 heavy (non-hydrogen) atoms. The predicted molar refractivity (Wildman–Crippen MR) is 99.1 cm³/mol. The van der Waals surface area contributed by atoms with Gasteiger partial charge in [0.15, 0.2) is 5.96 Å². The number of nitrogens with one attached hydrogen (secondary N) is 2. The lowest BCUT2D eigenvalue weighted by Crippen LogP contribution is -2.46. The van der Waals surface area contributed by atoms with Crippen LogP contribution in [0.15, 0.2) is 29.3 Å². The lowest BCUT2D eigenvalue weighted by atomic mass is 9.95. The Labute approximate surface area is 146 Å². The highest BCUT2D eigenvalue weighted by Crippen LogP contribution is 2.23. The first-order valence-corrected chi connectivity index (χ1v) is 10.2. The van der Waals surface area contributed by atoms with Crippen molar-refractivity contribution in [2.24, 2.45) is 4.99 Å². The molecule has 1 fully saturated rings. The van der Waals surface area contributed by atoms with E-state index in [9.17, 15) is 8.60 Å². The summed E-state index contributed by atoms with van der Waals surface area (Å²) in [6, 6.07) is 6.99. The van der Waals surface area contributed by atoms with Crippen LogP contribution in [0, 0.1) is 5.82 Å². The molecule has 1 aliphatic rings. The van der Waals surface area contributed by atoms with Gasteiger partial charge in [-0.3, -0.25) is 4.21 Å². The molecule has 4 nitrogen and oxygen atoms in total. The Morgan fingerprint density at radius 2 is 2.12 bits per heavy atom. The first-order chi connectivity index (χ1) is 11.6. The number of halogens is 1. The van der Waals surface area contributed by atoms with Gasteiger partial charge in [0.1, 0.15) is 5.82 Å². The van der Waals surface area contributed by atoms with Crippen molar-refractivity contribution >= 4 is 16.8 Å². The highest BCUT2D eigenvalue weighted by molar-refractivity contribution is 7.85. The van der Waals surface area contributed by atoms with Crippen LogP contribution in [-0.4, -0.2) is 33.8 Å². The minimum atomic E-state index is -0.739. The Morgan fingerprint density at radius 3 is 2.83 bits per heavy atom. The SMILES string of the molecule is CCNC(=NCc1ccccc1F)NC1CCCC(S(=O)CC)C1. The molecule has 3 unspecified atom stereocenters. The molecule has 2 rings (SSSR count). The standard InChI is InChI=1S/C18H28FN3OS/c1-3-20-18(21-13-14-8-5-6-11-17(14)19)22-15-9-7-10-16(12-15)24(23)4-2/h5-6,8,11,15-16H,3-4,7,9-10,12-13H2,1-2H3,(H2,20,21,22). The van der Waals surface area contributed by atoms with Crippen molar-refractivity contribution < 1.29 is 8.60 Å². The zero-order valence-corrected chi connectivity index (χ0v) is 15.4. The first-order valence-electron chi connectivity index (χ1n) is 8.79. The number of aliphatic imine (C=N–C) groups is 1. The second-order valence-corrected chi connectivity index (χ2v) is 8.09. The second kappa shape index (κ2) is 9.77. The average molecular weight is 354 g/mol. The third-order valence-corrected chi connectivity index (χ3v) is 6.07. The van der Waals surface area contributed by atoms with E-state index < -0.39 is 10.8 Å². The van der Waals surface area contributed by atoms with Gasteiger partial charge in [-0.25, -0.2) is 9.38 Å². The molecule has 3 atom stereocenters. The molecule has 0 radical (unpaired) electrons. The summed E-state index contributed by atoms with van der Waals surface area (Å²) < 4.78 is 25.8. The molecular formula is C18H28FN3OS. The molecule has 6 heteroatoms. The largest absolute Gasteiger partial charge is 0.357 e. The lowest BCUT2D eigenvalue weighted by Gasteiger charge is -2.30. The van der Waals surface area contributed by atoms with Crippen molar-refractivity contribution in [2.45, 2.75) is 57.4 Å². The highest BCUT2D eigenvalue weighted by atomic mass is 32.2. The summed E-state index contributed by atoms with van der Waals surface area (Å²) in [5.41, 5.74) is 0.586. The number of hydrogen-bond donors (Lipinski definition) is 2. The van der Waals surface area contributed by atoms with Crippen LogP contribution >= 0.6 is 0 Å². The fourth-order valence-electron chi connectivity index (χ4n) is 3.05. The Kier molecular flexibility index (Phi) is 7.69. The van der Waals surface area contributed by atoms with E-state index >= 15 is 0 Å². The second-order valence-electron chi connectivity index (χ2n) is 6.09. The van der Waals surface area contributed by atoms with Crippen molar-refractivity contribution in [3.8, 4) is 0 Å². The lowest BCUT2D eigenvalue weighted by molar-refractivity contribution is 0.413. The number of guanidine groups is 1. The third-order valence-electron chi connectivity index (χ3n) is 4.33. The molecule has 0 saturated heterocycles. The van der Waals surface area contributed by atoms with E-state index in [-0.39, 0.29) is 17.1 Å². The van der Waals surface area contributed by atoms with Gasteiger partial charge in [0.25, 0.3) is 0 Å². The smallest absolute Gasteiger partial charge is 0.191 e. The molecule has 134 valence electrons. The van der Waals surface area contributed by atoms with Crippen LogP contribution in [0.25, 0.3) is 0 Å². The molecule has 1 saturated carbocycles. The van der Waals surface area contributed by atoms with E-state index in [1.54, 1.807) is 12.1 Å². The van der Waals surface area contributed by atoms with Crippen LogP contribution in [0.1, 0.15) is 45.1 Å². The Balaban J connectivity index is 1.98. The van der Waals surface area contributed by atoms with E-state index in [0.29, 0.717) is 18.1 Å². The molecule has 0 bridgehead atoms. The van der Waals surface area contributed by atoms with Crippen molar-refractivity contribution in [3.05, 3.63) is 35.6 Å². The fourth-order valence-corrected chi connectivity index (χ4v) is 4.40. The van der Waals surface area contributed by atoms with E-state index in [4.69, 9.17) is 0 Å². The van der Waals surface area contributed by atoms with Gasteiger partial charge in [-0.05, 0) is 32.3 Å². The maximum absolute atomic E-state index is 13.7. The van der Waals surface area contributed by atoms with Gasteiger partial charge in [0, 0.05) is 40.0 Å². The molecular weight excluding hydrogens is 325 g/mol. The molecule has 1 aliphatic carbocycles. The van der Waals surface area contributed by atoms with Crippen LogP contribution in [0.5, 0.6) is 0 Å². The summed E-state index contributed by atoms with van der Waals surface area (Å²) >= 11 is 0.